The van der Waals surface area contributed by atoms with Crippen LogP contribution in [0.15, 0.2) is 109 Å². The Balaban J connectivity index is 1.76. The third-order valence-electron chi connectivity index (χ3n) is 5.83. The molecular formula is C28H18. The Hall–Kier alpha value is -3.64. The van der Waals surface area contributed by atoms with Gasteiger partial charge in [0.2, 0.25) is 0 Å². The summed E-state index contributed by atoms with van der Waals surface area (Å²) in [4.78, 5) is 0. The van der Waals surface area contributed by atoms with Crippen LogP contribution in [0.25, 0.3) is 54.6 Å². The highest BCUT2D eigenvalue weighted by Crippen LogP contribution is 2.42. The molecule has 0 atom stereocenters. The maximum Gasteiger partial charge on any atom is -0.00203 e. The van der Waals surface area contributed by atoms with E-state index in [9.17, 15) is 0 Å². The van der Waals surface area contributed by atoms with Gasteiger partial charge in [-0.05, 0) is 54.6 Å². The van der Waals surface area contributed by atoms with Crippen molar-refractivity contribution >= 4 is 32.3 Å². The standard InChI is InChI=1S/C28H18/c1-3-7-19(8-4-1)23-15-11-21-14-18-26-24(20-9-5-2-6-10-20)16-12-22-13-17-25(23)27(21)28(22)26/h1-18H. The van der Waals surface area contributed by atoms with Crippen LogP contribution in [0.1, 0.15) is 0 Å². The van der Waals surface area contributed by atoms with Crippen LogP contribution in [-0.2, 0) is 0 Å². The van der Waals surface area contributed by atoms with Crippen LogP contribution in [-0.4, -0.2) is 0 Å². The van der Waals surface area contributed by atoms with E-state index in [0.717, 1.165) is 0 Å². The van der Waals surface area contributed by atoms with Gasteiger partial charge in [-0.25, -0.2) is 0 Å². The lowest BCUT2D eigenvalue weighted by atomic mass is 9.87. The van der Waals surface area contributed by atoms with Crippen molar-refractivity contribution in [3.63, 3.8) is 0 Å². The molecule has 130 valence electrons. The largest absolute Gasteiger partial charge is 0.0622 e. The topological polar surface area (TPSA) is 0 Å². The molecule has 0 saturated carbocycles. The van der Waals surface area contributed by atoms with Gasteiger partial charge in [0.1, 0.15) is 0 Å². The lowest BCUT2D eigenvalue weighted by Crippen LogP contribution is -1.89. The van der Waals surface area contributed by atoms with Crippen molar-refractivity contribution in [2.45, 2.75) is 0 Å². The molecule has 6 aromatic rings. The Morgan fingerprint density at radius 1 is 0.321 bits per heavy atom. The van der Waals surface area contributed by atoms with Gasteiger partial charge in [0.05, 0.1) is 0 Å². The number of hydrogen-bond donors (Lipinski definition) is 0. The summed E-state index contributed by atoms with van der Waals surface area (Å²) in [5.41, 5.74) is 5.13. The highest BCUT2D eigenvalue weighted by Gasteiger charge is 2.14. The van der Waals surface area contributed by atoms with Crippen molar-refractivity contribution in [1.82, 2.24) is 0 Å². The van der Waals surface area contributed by atoms with Crippen molar-refractivity contribution in [3.05, 3.63) is 109 Å². The summed E-state index contributed by atoms with van der Waals surface area (Å²) in [5, 5.41) is 8.00. The summed E-state index contributed by atoms with van der Waals surface area (Å²) < 4.78 is 0. The molecule has 0 spiro atoms. The molecule has 0 bridgehead atoms. The van der Waals surface area contributed by atoms with Gasteiger partial charge in [-0.1, -0.05) is 109 Å². The molecule has 0 N–H and O–H groups in total. The van der Waals surface area contributed by atoms with Crippen LogP contribution >= 0.6 is 0 Å². The van der Waals surface area contributed by atoms with Crippen LogP contribution in [0.4, 0.5) is 0 Å². The van der Waals surface area contributed by atoms with E-state index in [-0.39, 0.29) is 0 Å². The molecule has 6 rings (SSSR count). The number of hydrogen-bond acceptors (Lipinski definition) is 0. The minimum Gasteiger partial charge on any atom is -0.0622 e. The van der Waals surface area contributed by atoms with Crippen LogP contribution in [0.2, 0.25) is 0 Å². The maximum atomic E-state index is 2.29. The molecule has 0 saturated heterocycles. The maximum absolute atomic E-state index is 2.29. The van der Waals surface area contributed by atoms with Crippen molar-refractivity contribution in [2.75, 3.05) is 0 Å². The fraction of sp³-hybridized carbons (Fsp3) is 0. The first-order chi connectivity index (χ1) is 13.9. The summed E-state index contributed by atoms with van der Waals surface area (Å²) in [6.07, 6.45) is 0. The predicted molar refractivity (Wildman–Crippen MR) is 121 cm³/mol. The molecule has 0 heteroatoms. The van der Waals surface area contributed by atoms with Crippen LogP contribution in [0.5, 0.6) is 0 Å². The fourth-order valence-corrected chi connectivity index (χ4v) is 4.54. The van der Waals surface area contributed by atoms with E-state index < -0.39 is 0 Å². The third kappa shape index (κ3) is 2.18. The quantitative estimate of drug-likeness (QED) is 0.277. The molecular weight excluding hydrogens is 336 g/mol. The van der Waals surface area contributed by atoms with E-state index in [1.807, 2.05) is 0 Å². The average Bonchev–Trinajstić information content (AvgIpc) is 2.78. The predicted octanol–water partition coefficient (Wildman–Crippen LogP) is 7.92. The Morgan fingerprint density at radius 3 is 1.14 bits per heavy atom. The zero-order valence-electron chi connectivity index (χ0n) is 15.4. The van der Waals surface area contributed by atoms with Gasteiger partial charge >= 0.3 is 0 Å². The first-order valence-electron chi connectivity index (χ1n) is 9.71. The first kappa shape index (κ1) is 15.4. The van der Waals surface area contributed by atoms with E-state index in [2.05, 4.69) is 109 Å². The Kier molecular flexibility index (Phi) is 3.27. The first-order valence-corrected chi connectivity index (χ1v) is 9.71. The highest BCUT2D eigenvalue weighted by molar-refractivity contribution is 6.27. The lowest BCUT2D eigenvalue weighted by Gasteiger charge is -2.16. The molecule has 28 heavy (non-hydrogen) atoms. The molecule has 0 aliphatic heterocycles. The van der Waals surface area contributed by atoms with Crippen LogP contribution in [0.3, 0.4) is 0 Å². The molecule has 0 aliphatic carbocycles. The summed E-state index contributed by atoms with van der Waals surface area (Å²) in [5.74, 6) is 0. The van der Waals surface area contributed by atoms with Gasteiger partial charge in [0.25, 0.3) is 0 Å². The summed E-state index contributed by atoms with van der Waals surface area (Å²) >= 11 is 0. The third-order valence-corrected chi connectivity index (χ3v) is 5.83. The Morgan fingerprint density at radius 2 is 0.714 bits per heavy atom. The van der Waals surface area contributed by atoms with Crippen molar-refractivity contribution < 1.29 is 0 Å². The van der Waals surface area contributed by atoms with Crippen LogP contribution < -0.4 is 0 Å². The Bertz CT molecular complexity index is 1310. The minimum atomic E-state index is 1.27. The molecule has 0 aliphatic rings. The summed E-state index contributed by atoms with van der Waals surface area (Å²) in [7, 11) is 0. The van der Waals surface area contributed by atoms with Gasteiger partial charge in [-0.15, -0.1) is 0 Å². The summed E-state index contributed by atoms with van der Waals surface area (Å²) in [6, 6.07) is 39.5. The molecule has 0 fully saturated rings. The van der Waals surface area contributed by atoms with E-state index >= 15 is 0 Å². The van der Waals surface area contributed by atoms with Crippen LogP contribution in [0, 0.1) is 0 Å². The molecule has 6 aromatic carbocycles. The second-order valence-electron chi connectivity index (χ2n) is 7.38. The lowest BCUT2D eigenvalue weighted by molar-refractivity contribution is 1.65. The van der Waals surface area contributed by atoms with Gasteiger partial charge in [0.15, 0.2) is 0 Å². The molecule has 0 heterocycles. The van der Waals surface area contributed by atoms with Gasteiger partial charge in [0, 0.05) is 0 Å². The second kappa shape index (κ2) is 5.94. The summed E-state index contributed by atoms with van der Waals surface area (Å²) in [6.45, 7) is 0. The second-order valence-corrected chi connectivity index (χ2v) is 7.38. The van der Waals surface area contributed by atoms with Crippen molar-refractivity contribution in [3.8, 4) is 22.3 Å². The zero-order valence-corrected chi connectivity index (χ0v) is 15.4. The molecule has 0 unspecified atom stereocenters. The number of benzene rings is 6. The van der Waals surface area contributed by atoms with E-state index in [1.54, 1.807) is 0 Å². The smallest absolute Gasteiger partial charge is 0.00203 e. The highest BCUT2D eigenvalue weighted by atomic mass is 14.2. The molecule has 0 radical (unpaired) electrons. The monoisotopic (exact) mass is 354 g/mol. The molecule has 0 nitrogen and oxygen atoms in total. The normalized spacial score (nSPS) is 11.6. The van der Waals surface area contributed by atoms with Crippen molar-refractivity contribution in [1.29, 1.82) is 0 Å². The van der Waals surface area contributed by atoms with Gasteiger partial charge in [-0.2, -0.15) is 0 Å². The van der Waals surface area contributed by atoms with Crippen molar-refractivity contribution in [2.24, 2.45) is 0 Å². The minimum absolute atomic E-state index is 1.27. The van der Waals surface area contributed by atoms with Gasteiger partial charge in [-0.3, -0.25) is 0 Å². The zero-order chi connectivity index (χ0) is 18.5. The Labute approximate surface area is 164 Å². The van der Waals surface area contributed by atoms with Gasteiger partial charge < -0.3 is 0 Å². The molecule has 0 amide bonds. The van der Waals surface area contributed by atoms with E-state index in [1.165, 1.54) is 54.6 Å². The number of rotatable bonds is 2. The SMILES string of the molecule is c1ccc(-c2ccc3ccc4c(-c5ccccc5)ccc5ccc2c3c54)cc1. The van der Waals surface area contributed by atoms with E-state index in [4.69, 9.17) is 0 Å². The fourth-order valence-electron chi connectivity index (χ4n) is 4.54. The average molecular weight is 354 g/mol. The molecule has 0 aromatic heterocycles. The van der Waals surface area contributed by atoms with E-state index in [0.29, 0.717) is 0 Å².